The van der Waals surface area contributed by atoms with Crippen LogP contribution in [0.5, 0.6) is 5.75 Å². The van der Waals surface area contributed by atoms with Crippen LogP contribution in [0.3, 0.4) is 0 Å². The normalized spacial score (nSPS) is 12.4. The number of benzene rings is 1. The maximum absolute atomic E-state index is 5.42. The van der Waals surface area contributed by atoms with Gasteiger partial charge < -0.3 is 14.6 Å². The van der Waals surface area contributed by atoms with Gasteiger partial charge in [0.05, 0.1) is 25.2 Å². The standard InChI is InChI=1S/C14H18BrN3O/c1-16-12(13-8-17-9-18(13)2)7-10-6-11(15)4-5-14(10)19-3/h4-6,8-9,12,16H,7H2,1-3H3. The van der Waals surface area contributed by atoms with Crippen molar-refractivity contribution < 1.29 is 4.74 Å². The molecule has 4 nitrogen and oxygen atoms in total. The molecule has 1 aromatic heterocycles. The van der Waals surface area contributed by atoms with Crippen LogP contribution in [0.1, 0.15) is 17.3 Å². The van der Waals surface area contributed by atoms with E-state index < -0.39 is 0 Å². The van der Waals surface area contributed by atoms with Crippen molar-refractivity contribution in [1.29, 1.82) is 0 Å². The Morgan fingerprint density at radius 3 is 2.84 bits per heavy atom. The molecule has 0 amide bonds. The van der Waals surface area contributed by atoms with Crippen LogP contribution in [0.4, 0.5) is 0 Å². The average Bonchev–Trinajstić information content (AvgIpc) is 2.82. The highest BCUT2D eigenvalue weighted by Crippen LogP contribution is 2.27. The highest BCUT2D eigenvalue weighted by molar-refractivity contribution is 9.10. The number of ether oxygens (including phenoxy) is 1. The molecule has 0 saturated heterocycles. The van der Waals surface area contributed by atoms with E-state index in [1.807, 2.05) is 43.3 Å². The van der Waals surface area contributed by atoms with Gasteiger partial charge in [0.2, 0.25) is 0 Å². The summed E-state index contributed by atoms with van der Waals surface area (Å²) >= 11 is 3.51. The summed E-state index contributed by atoms with van der Waals surface area (Å²) in [7, 11) is 5.66. The second-order valence-corrected chi connectivity index (χ2v) is 5.35. The summed E-state index contributed by atoms with van der Waals surface area (Å²) in [5.41, 5.74) is 2.32. The Hall–Kier alpha value is -1.33. The molecule has 0 spiro atoms. The number of imidazole rings is 1. The molecule has 5 heteroatoms. The van der Waals surface area contributed by atoms with Gasteiger partial charge in [-0.05, 0) is 37.2 Å². The lowest BCUT2D eigenvalue weighted by molar-refractivity contribution is 0.405. The van der Waals surface area contributed by atoms with Gasteiger partial charge in [-0.2, -0.15) is 0 Å². The second kappa shape index (κ2) is 6.21. The number of hydrogen-bond donors (Lipinski definition) is 1. The molecule has 0 saturated carbocycles. The van der Waals surface area contributed by atoms with Crippen LogP contribution in [0, 0.1) is 0 Å². The smallest absolute Gasteiger partial charge is 0.122 e. The number of halogens is 1. The fourth-order valence-electron chi connectivity index (χ4n) is 2.18. The molecule has 1 unspecified atom stereocenters. The zero-order chi connectivity index (χ0) is 13.8. The average molecular weight is 324 g/mol. The Morgan fingerprint density at radius 2 is 2.26 bits per heavy atom. The zero-order valence-corrected chi connectivity index (χ0v) is 12.9. The largest absolute Gasteiger partial charge is 0.496 e. The number of aromatic nitrogens is 2. The summed E-state index contributed by atoms with van der Waals surface area (Å²) in [6, 6.07) is 6.27. The van der Waals surface area contributed by atoms with Gasteiger partial charge in [0.15, 0.2) is 0 Å². The van der Waals surface area contributed by atoms with E-state index in [2.05, 4.69) is 32.3 Å². The number of methoxy groups -OCH3 is 1. The lowest BCUT2D eigenvalue weighted by Gasteiger charge is -2.18. The summed E-state index contributed by atoms with van der Waals surface area (Å²) in [6.07, 6.45) is 4.56. The first-order chi connectivity index (χ1) is 9.15. The molecule has 1 heterocycles. The molecule has 0 aliphatic carbocycles. The first kappa shape index (κ1) is 14.1. The van der Waals surface area contributed by atoms with E-state index in [0.717, 1.165) is 27.9 Å². The Labute approximate surface area is 121 Å². The van der Waals surface area contributed by atoms with Gasteiger partial charge in [0.25, 0.3) is 0 Å². The van der Waals surface area contributed by atoms with Crippen LogP contribution in [-0.2, 0) is 13.5 Å². The molecule has 0 fully saturated rings. The van der Waals surface area contributed by atoms with Crippen molar-refractivity contribution in [2.24, 2.45) is 7.05 Å². The maximum atomic E-state index is 5.42. The monoisotopic (exact) mass is 323 g/mol. The minimum absolute atomic E-state index is 0.204. The van der Waals surface area contributed by atoms with Gasteiger partial charge in [0, 0.05) is 17.7 Å². The lowest BCUT2D eigenvalue weighted by Crippen LogP contribution is -2.21. The number of likely N-dealkylation sites (N-methyl/N-ethyl adjacent to an activating group) is 1. The molecule has 1 atom stereocenters. The third kappa shape index (κ3) is 3.16. The summed E-state index contributed by atoms with van der Waals surface area (Å²) < 4.78 is 8.51. The van der Waals surface area contributed by atoms with Crippen LogP contribution in [-0.4, -0.2) is 23.7 Å². The Balaban J connectivity index is 2.28. The van der Waals surface area contributed by atoms with Crippen LogP contribution >= 0.6 is 15.9 Å². The highest BCUT2D eigenvalue weighted by atomic mass is 79.9. The molecule has 19 heavy (non-hydrogen) atoms. The van der Waals surface area contributed by atoms with E-state index >= 15 is 0 Å². The molecule has 1 aromatic carbocycles. The van der Waals surface area contributed by atoms with Gasteiger partial charge in [-0.1, -0.05) is 15.9 Å². The van der Waals surface area contributed by atoms with Crippen molar-refractivity contribution in [3.05, 3.63) is 46.5 Å². The molecule has 2 rings (SSSR count). The third-order valence-corrected chi connectivity index (χ3v) is 3.72. The topological polar surface area (TPSA) is 39.1 Å². The number of hydrogen-bond acceptors (Lipinski definition) is 3. The van der Waals surface area contributed by atoms with Crippen molar-refractivity contribution >= 4 is 15.9 Å². The number of nitrogens with zero attached hydrogens (tertiary/aromatic N) is 2. The van der Waals surface area contributed by atoms with E-state index in [9.17, 15) is 0 Å². The molecule has 102 valence electrons. The van der Waals surface area contributed by atoms with E-state index in [-0.39, 0.29) is 6.04 Å². The predicted molar refractivity (Wildman–Crippen MR) is 79.4 cm³/mol. The minimum atomic E-state index is 0.204. The van der Waals surface area contributed by atoms with Crippen LogP contribution in [0.15, 0.2) is 35.2 Å². The van der Waals surface area contributed by atoms with Gasteiger partial charge in [-0.15, -0.1) is 0 Å². The molecule has 1 N–H and O–H groups in total. The molecule has 2 aromatic rings. The van der Waals surface area contributed by atoms with Gasteiger partial charge in [-0.25, -0.2) is 4.98 Å². The molecule has 0 aliphatic rings. The summed E-state index contributed by atoms with van der Waals surface area (Å²) in [5, 5.41) is 3.33. The van der Waals surface area contributed by atoms with E-state index in [0.29, 0.717) is 0 Å². The highest BCUT2D eigenvalue weighted by Gasteiger charge is 2.16. The lowest BCUT2D eigenvalue weighted by atomic mass is 10.0. The number of rotatable bonds is 5. The molecular weight excluding hydrogens is 306 g/mol. The van der Waals surface area contributed by atoms with E-state index in [4.69, 9.17) is 4.74 Å². The van der Waals surface area contributed by atoms with Gasteiger partial charge in [0.1, 0.15) is 5.75 Å². The summed E-state index contributed by atoms with van der Waals surface area (Å²) in [6.45, 7) is 0. The Kier molecular flexibility index (Phi) is 4.61. The van der Waals surface area contributed by atoms with Crippen LogP contribution in [0.25, 0.3) is 0 Å². The van der Waals surface area contributed by atoms with Gasteiger partial charge >= 0.3 is 0 Å². The zero-order valence-electron chi connectivity index (χ0n) is 11.4. The molecular formula is C14H18BrN3O. The molecule has 0 bridgehead atoms. The first-order valence-electron chi connectivity index (χ1n) is 6.11. The Bertz CT molecular complexity index is 553. The first-order valence-corrected chi connectivity index (χ1v) is 6.91. The quantitative estimate of drug-likeness (QED) is 0.919. The fraction of sp³-hybridized carbons (Fsp3) is 0.357. The summed E-state index contributed by atoms with van der Waals surface area (Å²) in [5.74, 6) is 0.908. The van der Waals surface area contributed by atoms with E-state index in [1.54, 1.807) is 7.11 Å². The molecule has 0 radical (unpaired) electrons. The molecule has 0 aliphatic heterocycles. The van der Waals surface area contributed by atoms with Crippen LogP contribution in [0.2, 0.25) is 0 Å². The second-order valence-electron chi connectivity index (χ2n) is 4.43. The minimum Gasteiger partial charge on any atom is -0.496 e. The number of nitrogens with one attached hydrogen (secondary N) is 1. The fourth-order valence-corrected chi connectivity index (χ4v) is 2.59. The number of aryl methyl sites for hydroxylation is 1. The predicted octanol–water partition coefficient (Wildman–Crippen LogP) is 2.69. The van der Waals surface area contributed by atoms with Crippen molar-refractivity contribution in [3.63, 3.8) is 0 Å². The van der Waals surface area contributed by atoms with Gasteiger partial charge in [-0.3, -0.25) is 0 Å². The van der Waals surface area contributed by atoms with Crippen molar-refractivity contribution in [3.8, 4) is 5.75 Å². The van der Waals surface area contributed by atoms with Crippen LogP contribution < -0.4 is 10.1 Å². The van der Waals surface area contributed by atoms with Crippen molar-refractivity contribution in [2.75, 3.05) is 14.2 Å². The van der Waals surface area contributed by atoms with E-state index in [1.165, 1.54) is 0 Å². The SMILES string of the molecule is CNC(Cc1cc(Br)ccc1OC)c1cncn1C. The van der Waals surface area contributed by atoms with Crippen molar-refractivity contribution in [2.45, 2.75) is 12.5 Å². The maximum Gasteiger partial charge on any atom is 0.122 e. The summed E-state index contributed by atoms with van der Waals surface area (Å²) in [4.78, 5) is 4.17. The third-order valence-electron chi connectivity index (χ3n) is 3.23. The Morgan fingerprint density at radius 1 is 1.47 bits per heavy atom. The van der Waals surface area contributed by atoms with Crippen molar-refractivity contribution in [1.82, 2.24) is 14.9 Å².